The number of alkyl halides is 3. The molecule has 2 aliphatic heterocycles. The number of anilines is 3. The van der Waals surface area contributed by atoms with Gasteiger partial charge in [-0.1, -0.05) is 18.5 Å². The monoisotopic (exact) mass is 754 g/mol. The van der Waals surface area contributed by atoms with Crippen molar-refractivity contribution in [2.24, 2.45) is 5.92 Å². The maximum absolute atomic E-state index is 14.6. The summed E-state index contributed by atoms with van der Waals surface area (Å²) in [5.74, 6) is 0.126. The summed E-state index contributed by atoms with van der Waals surface area (Å²) in [5.41, 5.74) is -0.449. The van der Waals surface area contributed by atoms with Gasteiger partial charge in [0.2, 0.25) is 22.6 Å². The smallest absolute Gasteiger partial charge is 0.416 e. The van der Waals surface area contributed by atoms with Gasteiger partial charge in [0.25, 0.3) is 5.91 Å². The number of halogens is 4. The van der Waals surface area contributed by atoms with Gasteiger partial charge < -0.3 is 34.3 Å². The number of piperazine rings is 1. The first-order chi connectivity index (χ1) is 25.2. The number of amides is 2. The predicted octanol–water partition coefficient (Wildman–Crippen LogP) is 4.62. The van der Waals surface area contributed by atoms with Crippen LogP contribution < -0.4 is 30.7 Å². The van der Waals surface area contributed by atoms with Gasteiger partial charge in [-0.3, -0.25) is 19.2 Å². The quantitative estimate of drug-likeness (QED) is 0.263. The molecule has 4 aromatic rings. The summed E-state index contributed by atoms with van der Waals surface area (Å²) in [6.07, 6.45) is 0.864. The Kier molecular flexibility index (Phi) is 9.37. The number of H-pyrrole nitrogens is 1. The van der Waals surface area contributed by atoms with Gasteiger partial charge in [0, 0.05) is 55.7 Å². The van der Waals surface area contributed by atoms with Crippen LogP contribution in [0.5, 0.6) is 5.88 Å². The van der Waals surface area contributed by atoms with Crippen LogP contribution in [0.15, 0.2) is 40.2 Å². The summed E-state index contributed by atoms with van der Waals surface area (Å²) >= 11 is 6.15. The van der Waals surface area contributed by atoms with Gasteiger partial charge in [0.05, 0.1) is 29.6 Å². The molecule has 1 aromatic carbocycles. The second kappa shape index (κ2) is 13.7. The fourth-order valence-corrected chi connectivity index (χ4v) is 7.82. The Labute approximate surface area is 306 Å². The second-order valence-electron chi connectivity index (χ2n) is 13.8. The zero-order valence-electron chi connectivity index (χ0n) is 29.5. The zero-order chi connectivity index (χ0) is 37.9. The van der Waals surface area contributed by atoms with Gasteiger partial charge in [0.15, 0.2) is 11.2 Å². The van der Waals surface area contributed by atoms with Crippen molar-refractivity contribution < 1.29 is 27.5 Å². The SMILES string of the molecule is CCc1c(N2CCN(C(=O)c3c(OC)[nH]cc(C)c3=O)C[C@@H]2C)c(=O)c2nc(N3CC[C@H]4C[C@H]43)cnc2n1CC(=O)Nc1ccc(C(F)(F)F)cc1Cl. The van der Waals surface area contributed by atoms with Gasteiger partial charge in [-0.25, -0.2) is 9.97 Å². The summed E-state index contributed by atoms with van der Waals surface area (Å²) in [6, 6.07) is 2.61. The summed E-state index contributed by atoms with van der Waals surface area (Å²) in [6.45, 7) is 6.32. The molecule has 1 aliphatic carbocycles. The number of benzene rings is 1. The number of hydrogen-bond acceptors (Lipinski definition) is 9. The van der Waals surface area contributed by atoms with E-state index >= 15 is 0 Å². The fourth-order valence-electron chi connectivity index (χ4n) is 7.59. The van der Waals surface area contributed by atoms with E-state index < -0.39 is 35.0 Å². The van der Waals surface area contributed by atoms with Crippen LogP contribution in [0.2, 0.25) is 5.02 Å². The molecule has 2 amide bonds. The lowest BCUT2D eigenvalue weighted by atomic mass is 10.1. The number of piperidine rings is 1. The van der Waals surface area contributed by atoms with E-state index in [1.807, 2.05) is 18.7 Å². The van der Waals surface area contributed by atoms with Gasteiger partial charge >= 0.3 is 6.18 Å². The number of rotatable bonds is 8. The largest absolute Gasteiger partial charge is 0.482 e. The molecule has 0 radical (unpaired) electrons. The highest BCUT2D eigenvalue weighted by atomic mass is 35.5. The van der Waals surface area contributed by atoms with E-state index in [1.165, 1.54) is 13.3 Å². The molecule has 5 heterocycles. The zero-order valence-corrected chi connectivity index (χ0v) is 30.3. The Morgan fingerprint density at radius 3 is 2.53 bits per heavy atom. The Morgan fingerprint density at radius 2 is 1.91 bits per heavy atom. The molecule has 53 heavy (non-hydrogen) atoms. The molecule has 17 heteroatoms. The standard InChI is InChI=1S/C36H38ClF3N8O5/c1-5-24-30(46-11-10-45(16-19(46)3)35(52)28-31(50)18(2)14-42-34(28)53-4)32(51)29-33(41-15-26(44-29)47-9-8-20-12-25(20)47)48(24)17-27(49)43-23-7-6-21(13-22(23)37)36(38,39)40/h6-7,13-15,19-20,25H,5,8-12,16-17H2,1-4H3,(H,42,50)(H,43,49)/t19-,20-,25+/m0/s1. The van der Waals surface area contributed by atoms with E-state index in [9.17, 15) is 32.3 Å². The Bertz CT molecular complexity index is 2260. The first-order valence-electron chi connectivity index (χ1n) is 17.4. The minimum absolute atomic E-state index is 0.00633. The first-order valence-corrected chi connectivity index (χ1v) is 17.8. The van der Waals surface area contributed by atoms with Crippen molar-refractivity contribution in [2.75, 3.05) is 48.4 Å². The molecule has 3 atom stereocenters. The van der Waals surface area contributed by atoms with E-state index in [-0.39, 0.29) is 64.9 Å². The minimum Gasteiger partial charge on any atom is -0.482 e. The van der Waals surface area contributed by atoms with Crippen molar-refractivity contribution in [3.63, 3.8) is 0 Å². The third-order valence-electron chi connectivity index (χ3n) is 10.4. The molecule has 0 unspecified atom stereocenters. The van der Waals surface area contributed by atoms with E-state index in [0.717, 1.165) is 37.6 Å². The average molecular weight is 755 g/mol. The number of carbonyl (C=O) groups excluding carboxylic acids is 2. The van der Waals surface area contributed by atoms with E-state index in [4.69, 9.17) is 21.3 Å². The third-order valence-corrected chi connectivity index (χ3v) is 10.7. The van der Waals surface area contributed by atoms with Crippen LogP contribution in [-0.2, 0) is 23.9 Å². The number of methoxy groups -OCH3 is 1. The number of nitrogens with one attached hydrogen (secondary N) is 2. The molecule has 0 bridgehead atoms. The molecule has 3 aliphatic rings. The molecule has 2 saturated heterocycles. The van der Waals surface area contributed by atoms with Crippen molar-refractivity contribution in [3.05, 3.63) is 78.4 Å². The van der Waals surface area contributed by atoms with Crippen molar-refractivity contribution in [1.29, 1.82) is 0 Å². The molecule has 13 nitrogen and oxygen atoms in total. The highest BCUT2D eigenvalue weighted by molar-refractivity contribution is 6.33. The Hall–Kier alpha value is -5.12. The van der Waals surface area contributed by atoms with Crippen molar-refractivity contribution in [3.8, 4) is 5.88 Å². The topological polar surface area (TPSA) is 146 Å². The lowest BCUT2D eigenvalue weighted by molar-refractivity contribution is -0.137. The van der Waals surface area contributed by atoms with Crippen molar-refractivity contribution in [1.82, 2.24) is 24.4 Å². The second-order valence-corrected chi connectivity index (χ2v) is 14.2. The van der Waals surface area contributed by atoms with E-state index in [0.29, 0.717) is 41.1 Å². The average Bonchev–Trinajstić information content (AvgIpc) is 3.78. The van der Waals surface area contributed by atoms with Crippen molar-refractivity contribution >= 4 is 51.8 Å². The highest BCUT2D eigenvalue weighted by Crippen LogP contribution is 2.46. The van der Waals surface area contributed by atoms with E-state index in [1.54, 1.807) is 22.6 Å². The number of aromatic amines is 1. The minimum atomic E-state index is -4.61. The Morgan fingerprint density at radius 1 is 1.13 bits per heavy atom. The normalized spacial score (nSPS) is 19.8. The van der Waals surface area contributed by atoms with Gasteiger partial charge in [0.1, 0.15) is 23.6 Å². The molecule has 280 valence electrons. The molecule has 1 saturated carbocycles. The number of pyridine rings is 2. The number of aromatic nitrogens is 4. The van der Waals surface area contributed by atoms with Gasteiger partial charge in [-0.15, -0.1) is 0 Å². The van der Waals surface area contributed by atoms with Crippen LogP contribution in [0.1, 0.15) is 53.9 Å². The molecule has 3 aromatic heterocycles. The number of carbonyl (C=O) groups is 2. The fraction of sp³-hybridized carbons (Fsp3) is 0.444. The first kappa shape index (κ1) is 36.2. The van der Waals surface area contributed by atoms with Crippen LogP contribution >= 0.6 is 11.6 Å². The van der Waals surface area contributed by atoms with Gasteiger partial charge in [-0.05, 0) is 57.2 Å². The number of fused-ring (bicyclic) bond motifs is 2. The highest BCUT2D eigenvalue weighted by Gasteiger charge is 2.47. The summed E-state index contributed by atoms with van der Waals surface area (Å²) in [7, 11) is 1.37. The van der Waals surface area contributed by atoms with Crippen LogP contribution in [0, 0.1) is 12.8 Å². The number of ether oxygens (including phenoxy) is 1. The van der Waals surface area contributed by atoms with Crippen molar-refractivity contribution in [2.45, 2.75) is 64.8 Å². The predicted molar refractivity (Wildman–Crippen MR) is 193 cm³/mol. The summed E-state index contributed by atoms with van der Waals surface area (Å²) < 4.78 is 46.7. The summed E-state index contributed by atoms with van der Waals surface area (Å²) in [4.78, 5) is 72.9. The Balaban J connectivity index is 1.26. The third kappa shape index (κ3) is 6.57. The molecule has 2 N–H and O–H groups in total. The molecular weight excluding hydrogens is 717 g/mol. The van der Waals surface area contributed by atoms with Crippen LogP contribution in [-0.4, -0.2) is 81.6 Å². The molecule has 7 rings (SSSR count). The number of aryl methyl sites for hydroxylation is 1. The number of hydrogen-bond donors (Lipinski definition) is 2. The molecule has 0 spiro atoms. The van der Waals surface area contributed by atoms with Crippen LogP contribution in [0.4, 0.5) is 30.4 Å². The lowest BCUT2D eigenvalue weighted by Crippen LogP contribution is -2.55. The van der Waals surface area contributed by atoms with Crippen LogP contribution in [0.3, 0.4) is 0 Å². The maximum Gasteiger partial charge on any atom is 0.416 e. The maximum atomic E-state index is 14.6. The van der Waals surface area contributed by atoms with Gasteiger partial charge in [-0.2, -0.15) is 13.2 Å². The van der Waals surface area contributed by atoms with E-state index in [2.05, 4.69) is 20.2 Å². The number of nitrogens with zero attached hydrogens (tertiary/aromatic N) is 6. The molecule has 3 fully saturated rings. The molecular formula is C36H38ClF3N8O5. The van der Waals surface area contributed by atoms with Crippen LogP contribution in [0.25, 0.3) is 11.2 Å². The lowest BCUT2D eigenvalue weighted by Gasteiger charge is -2.42. The summed E-state index contributed by atoms with van der Waals surface area (Å²) in [5, 5.41) is 2.32.